The zero-order valence-corrected chi connectivity index (χ0v) is 15.0. The molecule has 1 aliphatic rings. The molecule has 0 spiro atoms. The number of carbonyl (C=O) groups excluding carboxylic acids is 2. The van der Waals surface area contributed by atoms with Gasteiger partial charge in [-0.2, -0.15) is 0 Å². The van der Waals surface area contributed by atoms with Crippen molar-refractivity contribution in [1.82, 2.24) is 14.5 Å². The lowest BCUT2D eigenvalue weighted by Gasteiger charge is -2.32. The maximum Gasteiger partial charge on any atom is 0.248 e. The van der Waals surface area contributed by atoms with Crippen LogP contribution in [0.4, 0.5) is 5.69 Å². The summed E-state index contributed by atoms with van der Waals surface area (Å²) in [4.78, 5) is 30.1. The Labute approximate surface area is 153 Å². The van der Waals surface area contributed by atoms with Gasteiger partial charge in [0.1, 0.15) is 5.82 Å². The van der Waals surface area contributed by atoms with E-state index in [1.807, 2.05) is 12.4 Å². The summed E-state index contributed by atoms with van der Waals surface area (Å²) in [7, 11) is 0. The summed E-state index contributed by atoms with van der Waals surface area (Å²) < 4.78 is 2.18. The summed E-state index contributed by atoms with van der Waals surface area (Å²) in [6.45, 7) is 5.12. The van der Waals surface area contributed by atoms with Crippen LogP contribution in [-0.4, -0.2) is 45.9 Å². The molecule has 1 aliphatic heterocycles. The van der Waals surface area contributed by atoms with Crippen LogP contribution in [0.25, 0.3) is 0 Å². The molecule has 3 N–H and O–H groups in total. The van der Waals surface area contributed by atoms with E-state index >= 15 is 0 Å². The van der Waals surface area contributed by atoms with Crippen molar-refractivity contribution >= 4 is 17.5 Å². The standard InChI is InChI=1S/C19H25N5O2/c1-2-24-11-9-21-19(24)15-4-3-10-23(12-15)13-17(25)22-16-7-5-14(6-8-16)18(20)26/h5-9,11,15H,2-4,10,12-13H2,1H3,(H2,20,26)(H,22,25)/t15-/m0/s1. The average molecular weight is 355 g/mol. The second-order valence-corrected chi connectivity index (χ2v) is 6.64. The van der Waals surface area contributed by atoms with Crippen LogP contribution in [0.1, 0.15) is 41.9 Å². The third kappa shape index (κ3) is 4.29. The lowest BCUT2D eigenvalue weighted by atomic mass is 9.97. The molecule has 1 saturated heterocycles. The summed E-state index contributed by atoms with van der Waals surface area (Å²) >= 11 is 0. The first-order valence-electron chi connectivity index (χ1n) is 9.00. The first kappa shape index (κ1) is 18.1. The number of hydrogen-bond donors (Lipinski definition) is 2. The summed E-state index contributed by atoms with van der Waals surface area (Å²) in [5.41, 5.74) is 6.31. The quantitative estimate of drug-likeness (QED) is 0.826. The third-order valence-electron chi connectivity index (χ3n) is 4.78. The fraction of sp³-hybridized carbons (Fsp3) is 0.421. The van der Waals surface area contributed by atoms with Crippen LogP contribution in [0.15, 0.2) is 36.7 Å². The Bertz CT molecular complexity index is 768. The van der Waals surface area contributed by atoms with Crippen LogP contribution in [0.5, 0.6) is 0 Å². The van der Waals surface area contributed by atoms with Crippen molar-refractivity contribution < 1.29 is 9.59 Å². The number of piperidine rings is 1. The van der Waals surface area contributed by atoms with Crippen molar-refractivity contribution in [3.05, 3.63) is 48.0 Å². The van der Waals surface area contributed by atoms with Gasteiger partial charge in [0, 0.05) is 42.7 Å². The SMILES string of the molecule is CCn1ccnc1[C@H]1CCCN(CC(=O)Nc2ccc(C(N)=O)cc2)C1. The number of anilines is 1. The number of hydrogen-bond acceptors (Lipinski definition) is 4. The Kier molecular flexibility index (Phi) is 5.68. The monoisotopic (exact) mass is 355 g/mol. The van der Waals surface area contributed by atoms with Gasteiger partial charge in [0.2, 0.25) is 11.8 Å². The number of rotatable bonds is 6. The van der Waals surface area contributed by atoms with E-state index in [1.165, 1.54) is 0 Å². The van der Waals surface area contributed by atoms with Crippen molar-refractivity contribution in [2.45, 2.75) is 32.2 Å². The predicted molar refractivity (Wildman–Crippen MR) is 99.9 cm³/mol. The number of imidazole rings is 1. The van der Waals surface area contributed by atoms with E-state index in [2.05, 4.69) is 26.7 Å². The fourth-order valence-electron chi connectivity index (χ4n) is 3.48. The summed E-state index contributed by atoms with van der Waals surface area (Å²) in [6.07, 6.45) is 6.02. The minimum atomic E-state index is -0.479. The van der Waals surface area contributed by atoms with E-state index in [0.29, 0.717) is 23.7 Å². The molecular formula is C19H25N5O2. The highest BCUT2D eigenvalue weighted by Crippen LogP contribution is 2.25. The molecule has 0 bridgehead atoms. The Morgan fingerprint density at radius 3 is 2.77 bits per heavy atom. The van der Waals surface area contributed by atoms with Crippen LogP contribution in [0.2, 0.25) is 0 Å². The number of aryl methyl sites for hydroxylation is 1. The van der Waals surface area contributed by atoms with E-state index in [-0.39, 0.29) is 5.91 Å². The van der Waals surface area contributed by atoms with Crippen molar-refractivity contribution in [3.8, 4) is 0 Å². The molecule has 1 fully saturated rings. The second-order valence-electron chi connectivity index (χ2n) is 6.64. The van der Waals surface area contributed by atoms with E-state index in [4.69, 9.17) is 5.73 Å². The lowest BCUT2D eigenvalue weighted by molar-refractivity contribution is -0.117. The molecule has 0 radical (unpaired) electrons. The van der Waals surface area contributed by atoms with Crippen molar-refractivity contribution in [2.24, 2.45) is 5.73 Å². The molecule has 1 aromatic carbocycles. The van der Waals surface area contributed by atoms with E-state index in [1.54, 1.807) is 24.3 Å². The van der Waals surface area contributed by atoms with Gasteiger partial charge in [-0.05, 0) is 50.6 Å². The molecule has 2 amide bonds. The predicted octanol–water partition coefficient (Wildman–Crippen LogP) is 1.82. The number of likely N-dealkylation sites (tertiary alicyclic amines) is 1. The fourth-order valence-corrected chi connectivity index (χ4v) is 3.48. The van der Waals surface area contributed by atoms with Crippen molar-refractivity contribution in [1.29, 1.82) is 0 Å². The molecule has 1 atom stereocenters. The number of amides is 2. The molecule has 7 heteroatoms. The summed E-state index contributed by atoms with van der Waals surface area (Å²) in [5, 5.41) is 2.87. The smallest absolute Gasteiger partial charge is 0.248 e. The molecule has 7 nitrogen and oxygen atoms in total. The van der Waals surface area contributed by atoms with Gasteiger partial charge in [-0.25, -0.2) is 4.98 Å². The zero-order valence-electron chi connectivity index (χ0n) is 15.0. The number of carbonyl (C=O) groups is 2. The van der Waals surface area contributed by atoms with Gasteiger partial charge >= 0.3 is 0 Å². The highest BCUT2D eigenvalue weighted by molar-refractivity contribution is 5.95. The molecule has 0 unspecified atom stereocenters. The van der Waals surface area contributed by atoms with Gasteiger partial charge in [-0.3, -0.25) is 14.5 Å². The molecule has 26 heavy (non-hydrogen) atoms. The second kappa shape index (κ2) is 8.14. The minimum absolute atomic E-state index is 0.0590. The van der Waals surface area contributed by atoms with Crippen LogP contribution in [0.3, 0.4) is 0 Å². The Balaban J connectivity index is 1.56. The highest BCUT2D eigenvalue weighted by atomic mass is 16.2. The molecule has 2 aromatic rings. The first-order chi connectivity index (χ1) is 12.6. The summed E-state index contributed by atoms with van der Waals surface area (Å²) in [5.74, 6) is 0.935. The summed E-state index contributed by atoms with van der Waals surface area (Å²) in [6, 6.07) is 6.60. The number of primary amides is 1. The van der Waals surface area contributed by atoms with E-state index in [9.17, 15) is 9.59 Å². The van der Waals surface area contributed by atoms with Crippen LogP contribution >= 0.6 is 0 Å². The van der Waals surface area contributed by atoms with E-state index < -0.39 is 5.91 Å². The Morgan fingerprint density at radius 1 is 1.31 bits per heavy atom. The highest BCUT2D eigenvalue weighted by Gasteiger charge is 2.25. The largest absolute Gasteiger partial charge is 0.366 e. The van der Waals surface area contributed by atoms with E-state index in [0.717, 1.165) is 38.3 Å². The third-order valence-corrected chi connectivity index (χ3v) is 4.78. The van der Waals surface area contributed by atoms with Gasteiger partial charge in [0.25, 0.3) is 0 Å². The maximum atomic E-state index is 12.4. The number of nitrogens with zero attached hydrogens (tertiary/aromatic N) is 3. The normalized spacial score (nSPS) is 17.8. The van der Waals surface area contributed by atoms with Crippen molar-refractivity contribution in [2.75, 3.05) is 25.0 Å². The van der Waals surface area contributed by atoms with Gasteiger partial charge in [0.15, 0.2) is 0 Å². The molecule has 138 valence electrons. The van der Waals surface area contributed by atoms with Crippen LogP contribution in [-0.2, 0) is 11.3 Å². The minimum Gasteiger partial charge on any atom is -0.366 e. The molecule has 0 saturated carbocycles. The Hall–Kier alpha value is -2.67. The molecular weight excluding hydrogens is 330 g/mol. The van der Waals surface area contributed by atoms with Gasteiger partial charge < -0.3 is 15.6 Å². The number of nitrogens with two attached hydrogens (primary N) is 1. The first-order valence-corrected chi connectivity index (χ1v) is 9.00. The van der Waals surface area contributed by atoms with Gasteiger partial charge in [0.05, 0.1) is 6.54 Å². The lowest BCUT2D eigenvalue weighted by Crippen LogP contribution is -2.40. The van der Waals surface area contributed by atoms with Gasteiger partial charge in [-0.15, -0.1) is 0 Å². The number of nitrogens with one attached hydrogen (secondary N) is 1. The Morgan fingerprint density at radius 2 is 2.08 bits per heavy atom. The maximum absolute atomic E-state index is 12.4. The van der Waals surface area contributed by atoms with Crippen molar-refractivity contribution in [3.63, 3.8) is 0 Å². The molecule has 0 aliphatic carbocycles. The number of aromatic nitrogens is 2. The number of benzene rings is 1. The molecule has 2 heterocycles. The molecule has 1 aromatic heterocycles. The van der Waals surface area contributed by atoms with Crippen LogP contribution in [0, 0.1) is 0 Å². The van der Waals surface area contributed by atoms with Gasteiger partial charge in [-0.1, -0.05) is 0 Å². The average Bonchev–Trinajstić information content (AvgIpc) is 3.11. The van der Waals surface area contributed by atoms with Crippen LogP contribution < -0.4 is 11.1 Å². The zero-order chi connectivity index (χ0) is 18.5. The molecule has 3 rings (SSSR count). The topological polar surface area (TPSA) is 93.2 Å².